The zero-order valence-electron chi connectivity index (χ0n) is 15.6. The number of fused-ring (bicyclic) bond motifs is 1. The fraction of sp³-hybridized carbons (Fsp3) is 0.238. The molecule has 0 unspecified atom stereocenters. The molecular formula is C21H21N5O2. The summed E-state index contributed by atoms with van der Waals surface area (Å²) in [6.45, 7) is 2.48. The van der Waals surface area contributed by atoms with E-state index in [1.807, 2.05) is 47.4 Å². The molecule has 142 valence electrons. The van der Waals surface area contributed by atoms with Crippen LogP contribution in [-0.2, 0) is 22.4 Å². The van der Waals surface area contributed by atoms with Crippen LogP contribution in [0.25, 0.3) is 0 Å². The highest BCUT2D eigenvalue weighted by Crippen LogP contribution is 2.28. The zero-order valence-corrected chi connectivity index (χ0v) is 15.6. The van der Waals surface area contributed by atoms with E-state index in [0.717, 1.165) is 24.2 Å². The molecular weight excluding hydrogens is 354 g/mol. The van der Waals surface area contributed by atoms with Crippen LogP contribution in [0.5, 0.6) is 0 Å². The molecule has 1 aromatic heterocycles. The van der Waals surface area contributed by atoms with E-state index in [1.54, 1.807) is 6.92 Å². The summed E-state index contributed by atoms with van der Waals surface area (Å²) >= 11 is 0. The number of carbonyl (C=O) groups excluding carboxylic acids is 2. The molecule has 0 spiro atoms. The van der Waals surface area contributed by atoms with Gasteiger partial charge in [-0.15, -0.1) is 0 Å². The van der Waals surface area contributed by atoms with Crippen molar-refractivity contribution in [3.63, 3.8) is 0 Å². The third kappa shape index (κ3) is 3.64. The highest BCUT2D eigenvalue weighted by molar-refractivity contribution is 5.97. The molecule has 2 amide bonds. The van der Waals surface area contributed by atoms with E-state index in [9.17, 15) is 9.59 Å². The van der Waals surface area contributed by atoms with Crippen LogP contribution in [0.3, 0.4) is 0 Å². The van der Waals surface area contributed by atoms with Crippen molar-refractivity contribution in [3.05, 3.63) is 72.3 Å². The van der Waals surface area contributed by atoms with Gasteiger partial charge < -0.3 is 10.2 Å². The van der Waals surface area contributed by atoms with Gasteiger partial charge in [0.2, 0.25) is 11.8 Å². The minimum Gasteiger partial charge on any atom is -0.324 e. The summed E-state index contributed by atoms with van der Waals surface area (Å²) in [7, 11) is 0. The lowest BCUT2D eigenvalue weighted by atomic mass is 10.1. The monoisotopic (exact) mass is 375 g/mol. The molecule has 0 saturated heterocycles. The lowest BCUT2D eigenvalue weighted by molar-refractivity contribution is -0.119. The van der Waals surface area contributed by atoms with Crippen LogP contribution in [0, 0.1) is 0 Å². The predicted octanol–water partition coefficient (Wildman–Crippen LogP) is 2.61. The summed E-state index contributed by atoms with van der Waals surface area (Å²) in [4.78, 5) is 30.7. The molecule has 7 nitrogen and oxygen atoms in total. The maximum atomic E-state index is 12.7. The Labute approximate surface area is 163 Å². The van der Waals surface area contributed by atoms with Crippen molar-refractivity contribution in [2.24, 2.45) is 0 Å². The third-order valence-corrected chi connectivity index (χ3v) is 4.98. The molecule has 1 aliphatic heterocycles. The van der Waals surface area contributed by atoms with Gasteiger partial charge in [-0.1, -0.05) is 30.3 Å². The molecule has 0 fully saturated rings. The van der Waals surface area contributed by atoms with Crippen LogP contribution in [0.1, 0.15) is 24.1 Å². The van der Waals surface area contributed by atoms with Gasteiger partial charge in [-0.3, -0.25) is 9.59 Å². The number of aromatic nitrogens is 3. The second-order valence-corrected chi connectivity index (χ2v) is 6.84. The number of anilines is 2. The SMILES string of the molecule is C[C@@H](C(=O)Nc1ccc(CC(=O)N2CCc3ccccc32)cc1)n1cncn1. The maximum absolute atomic E-state index is 12.7. The first-order valence-electron chi connectivity index (χ1n) is 9.24. The van der Waals surface area contributed by atoms with Crippen LogP contribution in [-0.4, -0.2) is 33.1 Å². The van der Waals surface area contributed by atoms with Gasteiger partial charge in [0, 0.05) is 17.9 Å². The third-order valence-electron chi connectivity index (χ3n) is 4.98. The van der Waals surface area contributed by atoms with Gasteiger partial charge in [-0.25, -0.2) is 9.67 Å². The topological polar surface area (TPSA) is 80.1 Å². The number of carbonyl (C=O) groups is 2. The van der Waals surface area contributed by atoms with Crippen molar-refractivity contribution < 1.29 is 9.59 Å². The van der Waals surface area contributed by atoms with Crippen LogP contribution >= 0.6 is 0 Å². The van der Waals surface area contributed by atoms with Gasteiger partial charge in [0.05, 0.1) is 6.42 Å². The number of hydrogen-bond acceptors (Lipinski definition) is 4. The summed E-state index contributed by atoms with van der Waals surface area (Å²) in [5.74, 6) is -0.0930. The Hall–Kier alpha value is -3.48. The first-order valence-corrected chi connectivity index (χ1v) is 9.24. The Balaban J connectivity index is 1.37. The van der Waals surface area contributed by atoms with Crippen molar-refractivity contribution in [2.45, 2.75) is 25.8 Å². The van der Waals surface area contributed by atoms with Gasteiger partial charge in [0.25, 0.3) is 0 Å². The van der Waals surface area contributed by atoms with Crippen LogP contribution in [0.15, 0.2) is 61.2 Å². The Bertz CT molecular complexity index is 982. The average molecular weight is 375 g/mol. The predicted molar refractivity (Wildman–Crippen MR) is 106 cm³/mol. The number of nitrogens with zero attached hydrogens (tertiary/aromatic N) is 4. The molecule has 1 aliphatic rings. The molecule has 3 aromatic rings. The van der Waals surface area contributed by atoms with Gasteiger partial charge >= 0.3 is 0 Å². The minimum atomic E-state index is -0.459. The molecule has 1 N–H and O–H groups in total. The van der Waals surface area contributed by atoms with Crippen molar-refractivity contribution in [3.8, 4) is 0 Å². The number of rotatable bonds is 5. The summed E-state index contributed by atoms with van der Waals surface area (Å²) in [6.07, 6.45) is 4.14. The molecule has 28 heavy (non-hydrogen) atoms. The molecule has 4 rings (SSSR count). The van der Waals surface area contributed by atoms with E-state index < -0.39 is 6.04 Å². The van der Waals surface area contributed by atoms with Crippen molar-refractivity contribution >= 4 is 23.2 Å². The van der Waals surface area contributed by atoms with E-state index in [0.29, 0.717) is 12.1 Å². The fourth-order valence-corrected chi connectivity index (χ4v) is 3.36. The molecule has 0 saturated carbocycles. The second kappa shape index (κ2) is 7.64. The van der Waals surface area contributed by atoms with Gasteiger partial charge in [-0.05, 0) is 42.7 Å². The van der Waals surface area contributed by atoms with Crippen molar-refractivity contribution in [2.75, 3.05) is 16.8 Å². The molecule has 0 aliphatic carbocycles. The normalized spacial score (nSPS) is 13.8. The maximum Gasteiger partial charge on any atom is 0.249 e. The van der Waals surface area contributed by atoms with Gasteiger partial charge in [-0.2, -0.15) is 5.10 Å². The molecule has 2 aromatic carbocycles. The Morgan fingerprint density at radius 2 is 1.93 bits per heavy atom. The Kier molecular flexibility index (Phi) is 4.89. The summed E-state index contributed by atoms with van der Waals surface area (Å²) < 4.78 is 1.50. The number of nitrogens with one attached hydrogen (secondary N) is 1. The smallest absolute Gasteiger partial charge is 0.249 e. The summed E-state index contributed by atoms with van der Waals surface area (Å²) in [6, 6.07) is 14.9. The Morgan fingerprint density at radius 3 is 2.68 bits per heavy atom. The first-order chi connectivity index (χ1) is 13.6. The standard InChI is InChI=1S/C21H21N5O2/c1-15(26-14-22-13-23-26)21(28)24-18-8-6-16(7-9-18)12-20(27)25-11-10-17-4-2-3-5-19(17)25/h2-9,13-15H,10-12H2,1H3,(H,24,28)/t15-/m0/s1. The van der Waals surface area contributed by atoms with Gasteiger partial charge in [0.1, 0.15) is 18.7 Å². The van der Waals surface area contributed by atoms with Crippen molar-refractivity contribution in [1.82, 2.24) is 14.8 Å². The average Bonchev–Trinajstić information content (AvgIpc) is 3.39. The van der Waals surface area contributed by atoms with E-state index in [1.165, 1.54) is 22.9 Å². The summed E-state index contributed by atoms with van der Waals surface area (Å²) in [5.41, 5.74) is 3.82. The molecule has 0 radical (unpaired) electrons. The molecule has 2 heterocycles. The largest absolute Gasteiger partial charge is 0.324 e. The Morgan fingerprint density at radius 1 is 1.14 bits per heavy atom. The number of hydrogen-bond donors (Lipinski definition) is 1. The zero-order chi connectivity index (χ0) is 19.5. The number of benzene rings is 2. The van der Waals surface area contributed by atoms with Crippen LogP contribution < -0.4 is 10.2 Å². The number of amides is 2. The van der Waals surface area contributed by atoms with E-state index in [2.05, 4.69) is 21.5 Å². The van der Waals surface area contributed by atoms with Crippen molar-refractivity contribution in [1.29, 1.82) is 0 Å². The lowest BCUT2D eigenvalue weighted by Crippen LogP contribution is -2.30. The minimum absolute atomic E-state index is 0.0848. The van der Waals surface area contributed by atoms with Crippen LogP contribution in [0.4, 0.5) is 11.4 Å². The molecule has 0 bridgehead atoms. The molecule has 7 heteroatoms. The fourth-order valence-electron chi connectivity index (χ4n) is 3.36. The highest BCUT2D eigenvalue weighted by Gasteiger charge is 2.24. The first kappa shape index (κ1) is 17.9. The van der Waals surface area contributed by atoms with Gasteiger partial charge in [0.15, 0.2) is 0 Å². The lowest BCUT2D eigenvalue weighted by Gasteiger charge is -2.17. The quantitative estimate of drug-likeness (QED) is 0.743. The second-order valence-electron chi connectivity index (χ2n) is 6.84. The van der Waals surface area contributed by atoms with E-state index in [4.69, 9.17) is 0 Å². The van der Waals surface area contributed by atoms with E-state index in [-0.39, 0.29) is 11.8 Å². The highest BCUT2D eigenvalue weighted by atomic mass is 16.2. The summed E-state index contributed by atoms with van der Waals surface area (Å²) in [5, 5.41) is 6.84. The number of para-hydroxylation sites is 1. The van der Waals surface area contributed by atoms with E-state index >= 15 is 0 Å². The van der Waals surface area contributed by atoms with Crippen LogP contribution in [0.2, 0.25) is 0 Å². The molecule has 1 atom stereocenters.